The first-order valence-electron chi connectivity index (χ1n) is 5.41. The maximum Gasteiger partial charge on any atom is -1.00 e. The molecule has 0 aliphatic rings. The van der Waals surface area contributed by atoms with E-state index >= 15 is 0 Å². The fourth-order valence-electron chi connectivity index (χ4n) is 1.37. The minimum atomic E-state index is -0.856. The van der Waals surface area contributed by atoms with Crippen molar-refractivity contribution < 1.29 is 17.0 Å². The molecule has 0 fully saturated rings. The molecule has 0 bridgehead atoms. The normalized spacial score (nSPS) is 12.4. The van der Waals surface area contributed by atoms with Gasteiger partial charge in [-0.1, -0.05) is 0 Å². The fourth-order valence-corrected chi connectivity index (χ4v) is 9.21. The Morgan fingerprint density at radius 3 is 1.29 bits per heavy atom. The van der Waals surface area contributed by atoms with E-state index in [2.05, 4.69) is 48.5 Å². The van der Waals surface area contributed by atoms with Crippen molar-refractivity contribution >= 4 is 19.6 Å². The van der Waals surface area contributed by atoms with Crippen molar-refractivity contribution in [1.82, 2.24) is 0 Å². The summed E-state index contributed by atoms with van der Waals surface area (Å²) in [5.41, 5.74) is 0. The molecule has 88 valence electrons. The monoisotopic (exact) mass is 380 g/mol. The predicted molar refractivity (Wildman–Crippen MR) is 64.8 cm³/mol. The number of hydrogen-bond donors (Lipinski definition) is 0. The van der Waals surface area contributed by atoms with Crippen LogP contribution < -0.4 is 17.0 Å². The second-order valence-corrected chi connectivity index (χ2v) is 13.9. The molecule has 0 atom stereocenters. The Morgan fingerprint density at radius 1 is 0.857 bits per heavy atom. The van der Waals surface area contributed by atoms with Gasteiger partial charge in [0.25, 0.3) is 0 Å². The minimum absolute atomic E-state index is 0. The molecule has 2 heteroatoms. The van der Waals surface area contributed by atoms with Crippen molar-refractivity contribution in [2.75, 3.05) is 0 Å². The molecule has 0 aromatic carbocycles. The standard InChI is InChI=1S/C12H27Te.BrH/c1-10(2)8-13(9-11(3)4)12(5,6)7;/h10-11H,8-9H2,1-7H3;1H/q+1;/p-1. The molecule has 0 unspecified atom stereocenters. The van der Waals surface area contributed by atoms with E-state index in [9.17, 15) is 0 Å². The Kier molecular flexibility index (Phi) is 9.49. The minimum Gasteiger partial charge on any atom is -1.00 e. The van der Waals surface area contributed by atoms with E-state index in [0.29, 0.717) is 3.46 Å². The SMILES string of the molecule is CC(C)C[Te+](CC(C)C)C(C)(C)C.[Br-]. The first-order chi connectivity index (χ1) is 5.73. The summed E-state index contributed by atoms with van der Waals surface area (Å²) >= 11 is -0.856. The van der Waals surface area contributed by atoms with Crippen LogP contribution in [0.15, 0.2) is 0 Å². The molecule has 0 rings (SSSR count). The van der Waals surface area contributed by atoms with Gasteiger partial charge in [-0.3, -0.25) is 0 Å². The molecule has 0 N–H and O–H groups in total. The van der Waals surface area contributed by atoms with Crippen molar-refractivity contribution in [1.29, 1.82) is 0 Å². The average molecular weight is 379 g/mol. The van der Waals surface area contributed by atoms with Gasteiger partial charge in [0.15, 0.2) is 0 Å². The summed E-state index contributed by atoms with van der Waals surface area (Å²) in [4.78, 5) is 0. The molecule has 0 nitrogen and oxygen atoms in total. The van der Waals surface area contributed by atoms with Gasteiger partial charge in [0.2, 0.25) is 0 Å². The molecule has 0 aromatic heterocycles. The van der Waals surface area contributed by atoms with Gasteiger partial charge in [0, 0.05) is 0 Å². The largest absolute Gasteiger partial charge is 1.00 e. The van der Waals surface area contributed by atoms with Gasteiger partial charge in [-0.2, -0.15) is 0 Å². The zero-order valence-electron chi connectivity index (χ0n) is 10.9. The second kappa shape index (κ2) is 7.53. The quantitative estimate of drug-likeness (QED) is 0.652. The summed E-state index contributed by atoms with van der Waals surface area (Å²) in [6, 6.07) is 0. The summed E-state index contributed by atoms with van der Waals surface area (Å²) in [6.45, 7) is 16.9. The maximum absolute atomic E-state index is 2.45. The summed E-state index contributed by atoms with van der Waals surface area (Å²) in [7, 11) is 0. The molecule has 0 saturated carbocycles. The van der Waals surface area contributed by atoms with E-state index in [0.717, 1.165) is 11.8 Å². The molecular weight excluding hydrogens is 352 g/mol. The Bertz CT molecular complexity index is 126. The summed E-state index contributed by atoms with van der Waals surface area (Å²) < 4.78 is 3.74. The fraction of sp³-hybridized carbons (Fsp3) is 1.00. The van der Waals surface area contributed by atoms with Crippen LogP contribution in [0.2, 0.25) is 12.4 Å². The van der Waals surface area contributed by atoms with E-state index in [4.69, 9.17) is 0 Å². The van der Waals surface area contributed by atoms with Crippen LogP contribution in [0.3, 0.4) is 0 Å². The third kappa shape index (κ3) is 8.57. The molecular formula is C12H27BrTe. The van der Waals surface area contributed by atoms with Gasteiger partial charge >= 0.3 is 92.3 Å². The summed E-state index contributed by atoms with van der Waals surface area (Å²) in [5, 5.41) is 0. The topological polar surface area (TPSA) is 0 Å². The van der Waals surface area contributed by atoms with Gasteiger partial charge in [-0.25, -0.2) is 0 Å². The van der Waals surface area contributed by atoms with Crippen LogP contribution in [0.5, 0.6) is 0 Å². The molecule has 0 heterocycles. The van der Waals surface area contributed by atoms with Crippen molar-refractivity contribution in [3.8, 4) is 0 Å². The first-order valence-corrected chi connectivity index (χ1v) is 9.87. The van der Waals surface area contributed by atoms with Crippen molar-refractivity contribution in [3.05, 3.63) is 0 Å². The van der Waals surface area contributed by atoms with Gasteiger partial charge < -0.3 is 17.0 Å². The maximum atomic E-state index is 2.45. The molecule has 0 aliphatic carbocycles. The zero-order valence-corrected chi connectivity index (χ0v) is 14.8. The van der Waals surface area contributed by atoms with Gasteiger partial charge in [-0.05, 0) is 0 Å². The van der Waals surface area contributed by atoms with Crippen LogP contribution >= 0.6 is 0 Å². The number of rotatable bonds is 4. The van der Waals surface area contributed by atoms with Crippen LogP contribution in [0.1, 0.15) is 48.5 Å². The Morgan fingerprint density at radius 2 is 1.14 bits per heavy atom. The van der Waals surface area contributed by atoms with E-state index in [1.54, 1.807) is 8.94 Å². The summed E-state index contributed by atoms with van der Waals surface area (Å²) in [5.74, 6) is 1.82. The zero-order chi connectivity index (χ0) is 10.6. The molecule has 0 saturated heterocycles. The van der Waals surface area contributed by atoms with Crippen LogP contribution in [-0.4, -0.2) is 19.6 Å². The van der Waals surface area contributed by atoms with Crippen LogP contribution in [-0.2, 0) is 0 Å². The van der Waals surface area contributed by atoms with Crippen LogP contribution in [0.4, 0.5) is 0 Å². The Labute approximate surface area is 109 Å². The molecule has 0 aliphatic heterocycles. The Hall–Kier alpha value is 1.27. The molecule has 14 heavy (non-hydrogen) atoms. The van der Waals surface area contributed by atoms with Crippen LogP contribution in [0, 0.1) is 11.8 Å². The molecule has 0 amide bonds. The van der Waals surface area contributed by atoms with Gasteiger partial charge in [0.05, 0.1) is 0 Å². The summed E-state index contributed by atoms with van der Waals surface area (Å²) in [6.07, 6.45) is 0. The second-order valence-electron chi connectivity index (χ2n) is 5.73. The first kappa shape index (κ1) is 17.7. The molecule has 0 radical (unpaired) electrons. The molecule has 0 aromatic rings. The van der Waals surface area contributed by atoms with Gasteiger partial charge in [-0.15, -0.1) is 0 Å². The third-order valence-corrected chi connectivity index (χ3v) is 13.0. The number of halogens is 1. The Balaban J connectivity index is 0. The predicted octanol–water partition coefficient (Wildman–Crippen LogP) is 1.60. The third-order valence-electron chi connectivity index (χ3n) is 1.94. The molecule has 0 spiro atoms. The van der Waals surface area contributed by atoms with E-state index < -0.39 is 19.6 Å². The van der Waals surface area contributed by atoms with E-state index in [1.807, 2.05) is 0 Å². The van der Waals surface area contributed by atoms with E-state index in [1.165, 1.54) is 0 Å². The van der Waals surface area contributed by atoms with Crippen molar-refractivity contribution in [2.45, 2.75) is 60.9 Å². The van der Waals surface area contributed by atoms with Gasteiger partial charge in [0.1, 0.15) is 0 Å². The van der Waals surface area contributed by atoms with Crippen LogP contribution in [0.25, 0.3) is 0 Å². The van der Waals surface area contributed by atoms with Crippen molar-refractivity contribution in [2.24, 2.45) is 11.8 Å². The smallest absolute Gasteiger partial charge is 1.00 e. The van der Waals surface area contributed by atoms with E-state index in [-0.39, 0.29) is 17.0 Å². The van der Waals surface area contributed by atoms with Crippen molar-refractivity contribution in [3.63, 3.8) is 0 Å². The number of hydrogen-bond acceptors (Lipinski definition) is 0. The average Bonchev–Trinajstić information content (AvgIpc) is 1.81.